The molecule has 2 aliphatic rings. The summed E-state index contributed by atoms with van der Waals surface area (Å²) in [7, 11) is -1.74. The van der Waals surface area contributed by atoms with Crippen molar-refractivity contribution in [3.8, 4) is 0 Å². The number of hydrogen-bond donors (Lipinski definition) is 0. The van der Waals surface area contributed by atoms with Crippen molar-refractivity contribution in [1.29, 1.82) is 0 Å². The summed E-state index contributed by atoms with van der Waals surface area (Å²) in [4.78, 5) is 0. The lowest BCUT2D eigenvalue weighted by atomic mass is 9.97. The van der Waals surface area contributed by atoms with Gasteiger partial charge in [-0.2, -0.15) is 0 Å². The molecule has 3 atom stereocenters. The van der Waals surface area contributed by atoms with Gasteiger partial charge in [0, 0.05) is 6.42 Å². The summed E-state index contributed by atoms with van der Waals surface area (Å²) in [5.41, 5.74) is -0.309. The highest BCUT2D eigenvalue weighted by molar-refractivity contribution is 6.74. The van der Waals surface area contributed by atoms with E-state index in [-0.39, 0.29) is 22.8 Å². The Labute approximate surface area is 124 Å². The van der Waals surface area contributed by atoms with Crippen LogP contribution >= 0.6 is 0 Å². The summed E-state index contributed by atoms with van der Waals surface area (Å²) >= 11 is 0. The molecule has 2 rings (SSSR count). The maximum absolute atomic E-state index is 6.48. The molecule has 3 nitrogen and oxygen atoms in total. The third-order valence-corrected chi connectivity index (χ3v) is 9.45. The van der Waals surface area contributed by atoms with E-state index in [2.05, 4.69) is 52.9 Å². The zero-order valence-electron chi connectivity index (χ0n) is 14.2. The lowest BCUT2D eigenvalue weighted by Crippen LogP contribution is -2.45. The Morgan fingerprint density at radius 3 is 2.30 bits per heavy atom. The molecule has 4 heteroatoms. The van der Waals surface area contributed by atoms with E-state index < -0.39 is 14.1 Å². The summed E-state index contributed by atoms with van der Waals surface area (Å²) < 4.78 is 18.6. The largest absolute Gasteiger partial charge is 0.410 e. The Hall–Kier alpha value is -0.163. The van der Waals surface area contributed by atoms with Crippen molar-refractivity contribution < 1.29 is 13.9 Å². The minimum absolute atomic E-state index is 0.0711. The van der Waals surface area contributed by atoms with Gasteiger partial charge in [0.05, 0.1) is 12.2 Å². The minimum Gasteiger partial charge on any atom is -0.410 e. The van der Waals surface area contributed by atoms with Crippen molar-refractivity contribution in [3.63, 3.8) is 0 Å². The van der Waals surface area contributed by atoms with Gasteiger partial charge >= 0.3 is 0 Å². The van der Waals surface area contributed by atoms with Gasteiger partial charge in [-0.3, -0.25) is 0 Å². The second-order valence-electron chi connectivity index (χ2n) is 8.20. The maximum atomic E-state index is 6.48. The molecule has 1 spiro atoms. The molecule has 1 heterocycles. The van der Waals surface area contributed by atoms with Crippen LogP contribution in [-0.4, -0.2) is 31.9 Å². The first-order valence-corrected chi connectivity index (χ1v) is 10.5. The van der Waals surface area contributed by atoms with Gasteiger partial charge in [-0.1, -0.05) is 32.9 Å². The van der Waals surface area contributed by atoms with Crippen LogP contribution in [0.2, 0.25) is 18.1 Å². The zero-order chi connectivity index (χ0) is 15.4. The van der Waals surface area contributed by atoms with Crippen molar-refractivity contribution >= 4 is 8.32 Å². The first-order valence-electron chi connectivity index (χ1n) is 7.62. The lowest BCUT2D eigenvalue weighted by Gasteiger charge is -2.38. The van der Waals surface area contributed by atoms with E-state index >= 15 is 0 Å². The average molecular weight is 298 g/mol. The van der Waals surface area contributed by atoms with Crippen LogP contribution in [0.1, 0.15) is 48.0 Å². The van der Waals surface area contributed by atoms with Gasteiger partial charge in [0.15, 0.2) is 14.1 Å². The molecule has 0 amide bonds. The van der Waals surface area contributed by atoms with E-state index in [1.165, 1.54) is 0 Å². The highest BCUT2D eigenvalue weighted by Crippen LogP contribution is 2.46. The number of rotatable bonds is 2. The number of ether oxygens (including phenoxy) is 2. The molecule has 1 fully saturated rings. The summed E-state index contributed by atoms with van der Waals surface area (Å²) in [6.45, 7) is 17.5. The van der Waals surface area contributed by atoms with Gasteiger partial charge in [-0.05, 0) is 38.9 Å². The van der Waals surface area contributed by atoms with Gasteiger partial charge in [-0.15, -0.1) is 0 Å². The third-order valence-electron chi connectivity index (χ3n) is 4.95. The van der Waals surface area contributed by atoms with Crippen LogP contribution in [0, 0.1) is 0 Å². The van der Waals surface area contributed by atoms with E-state index in [0.29, 0.717) is 0 Å². The Bertz CT molecular complexity index is 408. The highest BCUT2D eigenvalue weighted by Gasteiger charge is 2.53. The lowest BCUT2D eigenvalue weighted by molar-refractivity contribution is -0.156. The molecule has 0 N–H and O–H groups in total. The SMILES string of the molecule is C[C@@H]1OC(C)(C)O[C@]12C=C[C@@H](O[Si](C)(C)C(C)(C)C)C2. The molecule has 1 saturated heterocycles. The van der Waals surface area contributed by atoms with E-state index in [0.717, 1.165) is 6.42 Å². The molecule has 0 aromatic heterocycles. The summed E-state index contributed by atoms with van der Waals surface area (Å²) in [6.07, 6.45) is 5.41. The van der Waals surface area contributed by atoms with Gasteiger partial charge < -0.3 is 13.9 Å². The van der Waals surface area contributed by atoms with Crippen LogP contribution in [0.4, 0.5) is 0 Å². The highest BCUT2D eigenvalue weighted by atomic mass is 28.4. The van der Waals surface area contributed by atoms with Crippen LogP contribution in [0.25, 0.3) is 0 Å². The molecule has 20 heavy (non-hydrogen) atoms. The van der Waals surface area contributed by atoms with Gasteiger partial charge in [0.25, 0.3) is 0 Å². The second-order valence-corrected chi connectivity index (χ2v) is 13.0. The molecule has 1 aliphatic heterocycles. The van der Waals surface area contributed by atoms with Gasteiger partial charge in [-0.25, -0.2) is 0 Å². The van der Waals surface area contributed by atoms with Crippen LogP contribution in [0.5, 0.6) is 0 Å². The third kappa shape index (κ3) is 2.89. The molecule has 0 radical (unpaired) electrons. The van der Waals surface area contributed by atoms with Crippen LogP contribution in [-0.2, 0) is 13.9 Å². The summed E-state index contributed by atoms with van der Waals surface area (Å²) in [6, 6.07) is 0. The Kier molecular flexibility index (Phi) is 3.78. The van der Waals surface area contributed by atoms with E-state index in [1.54, 1.807) is 0 Å². The molecular formula is C16H30O3Si. The van der Waals surface area contributed by atoms with E-state index in [9.17, 15) is 0 Å². The zero-order valence-corrected chi connectivity index (χ0v) is 15.2. The topological polar surface area (TPSA) is 27.7 Å². The minimum atomic E-state index is -1.74. The first kappa shape index (κ1) is 16.2. The second kappa shape index (κ2) is 4.67. The van der Waals surface area contributed by atoms with Gasteiger partial charge in [0.2, 0.25) is 0 Å². The summed E-state index contributed by atoms with van der Waals surface area (Å²) in [5, 5.41) is 0.231. The van der Waals surface area contributed by atoms with Crippen molar-refractivity contribution in [2.75, 3.05) is 0 Å². The first-order chi connectivity index (χ1) is 8.87. The molecule has 116 valence electrons. The smallest absolute Gasteiger partial charge is 0.192 e. The Morgan fingerprint density at radius 2 is 1.85 bits per heavy atom. The molecule has 0 unspecified atom stereocenters. The fraction of sp³-hybridized carbons (Fsp3) is 0.875. The molecule has 1 aliphatic carbocycles. The molecular weight excluding hydrogens is 268 g/mol. The molecule has 0 saturated carbocycles. The van der Waals surface area contributed by atoms with Crippen molar-refractivity contribution in [2.24, 2.45) is 0 Å². The average Bonchev–Trinajstić information content (AvgIpc) is 2.67. The fourth-order valence-electron chi connectivity index (χ4n) is 2.82. The Morgan fingerprint density at radius 1 is 1.25 bits per heavy atom. The van der Waals surface area contributed by atoms with E-state index in [1.807, 2.05) is 13.8 Å². The molecule has 0 aromatic carbocycles. The van der Waals surface area contributed by atoms with E-state index in [4.69, 9.17) is 13.9 Å². The fourth-order valence-corrected chi connectivity index (χ4v) is 4.10. The Balaban J connectivity index is 2.06. The van der Waals surface area contributed by atoms with Crippen molar-refractivity contribution in [1.82, 2.24) is 0 Å². The van der Waals surface area contributed by atoms with Gasteiger partial charge in [0.1, 0.15) is 5.60 Å². The maximum Gasteiger partial charge on any atom is 0.192 e. The van der Waals surface area contributed by atoms with Crippen LogP contribution in [0.3, 0.4) is 0 Å². The predicted octanol–water partition coefficient (Wildman–Crippen LogP) is 4.25. The predicted molar refractivity (Wildman–Crippen MR) is 84.3 cm³/mol. The monoisotopic (exact) mass is 298 g/mol. The van der Waals surface area contributed by atoms with Crippen molar-refractivity contribution in [3.05, 3.63) is 12.2 Å². The summed E-state index contributed by atoms with van der Waals surface area (Å²) in [5.74, 6) is -0.504. The molecule has 0 aromatic rings. The normalized spacial score (nSPS) is 37.0. The van der Waals surface area contributed by atoms with Crippen LogP contribution < -0.4 is 0 Å². The quantitative estimate of drug-likeness (QED) is 0.563. The van der Waals surface area contributed by atoms with Crippen LogP contribution in [0.15, 0.2) is 12.2 Å². The number of hydrogen-bond acceptors (Lipinski definition) is 3. The van der Waals surface area contributed by atoms with Crippen molar-refractivity contribution in [2.45, 2.75) is 89.7 Å². The molecule has 0 bridgehead atoms. The standard InChI is InChI=1S/C16H30O3Si/c1-12-16(19-15(5,6)17-12)10-9-13(11-16)18-20(7,8)14(2,3)4/h9-10,12-13H,11H2,1-8H3/t12-,13+,16-/m0/s1.